The Hall–Kier alpha value is -3.40. The average Bonchev–Trinajstić information content (AvgIpc) is 2.72. The zero-order chi connectivity index (χ0) is 23.0. The molecule has 0 aliphatic carbocycles. The summed E-state index contributed by atoms with van der Waals surface area (Å²) in [5.74, 6) is -4.08. The van der Waals surface area contributed by atoms with Crippen molar-refractivity contribution in [3.05, 3.63) is 70.0 Å². The maximum Gasteiger partial charge on any atom is 0.360 e. The molecule has 0 aliphatic rings. The molecule has 0 radical (unpaired) electrons. The lowest BCUT2D eigenvalue weighted by molar-refractivity contribution is -0.132. The second kappa shape index (κ2) is 11.1. The van der Waals surface area contributed by atoms with Gasteiger partial charge in [0.15, 0.2) is 5.71 Å². The topological polar surface area (TPSA) is 78.7 Å². The number of ether oxygens (including phenoxy) is 2. The predicted molar refractivity (Wildman–Crippen MR) is 106 cm³/mol. The van der Waals surface area contributed by atoms with E-state index in [1.165, 1.54) is 21.3 Å². The Balaban J connectivity index is 2.40. The monoisotopic (exact) mass is 438 g/mol. The summed E-state index contributed by atoms with van der Waals surface area (Å²) in [6.07, 6.45) is 0. The molecule has 0 bridgehead atoms. The van der Waals surface area contributed by atoms with Crippen molar-refractivity contribution in [1.82, 2.24) is 0 Å². The Morgan fingerprint density at radius 1 is 1.03 bits per heavy atom. The molecule has 2 aromatic carbocycles. The lowest BCUT2D eigenvalue weighted by atomic mass is 9.99. The molecular weight excluding hydrogens is 417 g/mol. The molecular formula is C21H21F3N2O5. The summed E-state index contributed by atoms with van der Waals surface area (Å²) >= 11 is 0. The van der Waals surface area contributed by atoms with E-state index >= 15 is 0 Å². The minimum absolute atomic E-state index is 0.0935. The molecule has 166 valence electrons. The number of aryl methyl sites for hydroxylation is 1. The smallest absolute Gasteiger partial charge is 0.360 e. The Morgan fingerprint density at radius 3 is 2.29 bits per heavy atom. The minimum Gasteiger partial charge on any atom is -0.464 e. The second-order valence-corrected chi connectivity index (χ2v) is 6.20. The molecule has 0 heterocycles. The van der Waals surface area contributed by atoms with Crippen LogP contribution in [0, 0.1) is 24.4 Å². The Morgan fingerprint density at radius 2 is 1.71 bits per heavy atom. The molecule has 2 aromatic rings. The van der Waals surface area contributed by atoms with Crippen LogP contribution in [-0.2, 0) is 30.6 Å². The highest BCUT2D eigenvalue weighted by Gasteiger charge is 2.21. The number of carbonyl (C=O) groups excluding carboxylic acids is 1. The molecule has 0 saturated carbocycles. The van der Waals surface area contributed by atoms with E-state index in [1.54, 1.807) is 25.1 Å². The average molecular weight is 438 g/mol. The van der Waals surface area contributed by atoms with Gasteiger partial charge in [-0.25, -0.2) is 18.0 Å². The maximum atomic E-state index is 14.1. The number of rotatable bonds is 9. The summed E-state index contributed by atoms with van der Waals surface area (Å²) in [5, 5.41) is 7.50. The van der Waals surface area contributed by atoms with Crippen LogP contribution < -0.4 is 0 Å². The first kappa shape index (κ1) is 23.9. The van der Waals surface area contributed by atoms with Gasteiger partial charge >= 0.3 is 5.97 Å². The van der Waals surface area contributed by atoms with Gasteiger partial charge in [0, 0.05) is 30.4 Å². The number of carbonyl (C=O) groups is 1. The molecule has 31 heavy (non-hydrogen) atoms. The van der Waals surface area contributed by atoms with Gasteiger partial charge in [-0.1, -0.05) is 28.5 Å². The van der Waals surface area contributed by atoms with Crippen LogP contribution in [0.2, 0.25) is 0 Å². The number of methoxy groups -OCH3 is 2. The van der Waals surface area contributed by atoms with Gasteiger partial charge in [-0.05, 0) is 12.5 Å². The summed E-state index contributed by atoms with van der Waals surface area (Å²) in [7, 11) is 3.78. The summed E-state index contributed by atoms with van der Waals surface area (Å²) in [5.41, 5.74) is 0.744. The Bertz CT molecular complexity index is 985. The van der Waals surface area contributed by atoms with E-state index in [0.717, 1.165) is 5.56 Å². The van der Waals surface area contributed by atoms with Crippen molar-refractivity contribution in [3.63, 3.8) is 0 Å². The summed E-state index contributed by atoms with van der Waals surface area (Å²) in [6, 6.07) is 6.15. The second-order valence-electron chi connectivity index (χ2n) is 6.20. The van der Waals surface area contributed by atoms with Crippen molar-refractivity contribution in [2.24, 2.45) is 10.3 Å². The molecule has 0 aromatic heterocycles. The highest BCUT2D eigenvalue weighted by atomic mass is 19.1. The van der Waals surface area contributed by atoms with E-state index in [1.807, 2.05) is 0 Å². The summed E-state index contributed by atoms with van der Waals surface area (Å²) in [6.45, 7) is 1.29. The highest BCUT2D eigenvalue weighted by Crippen LogP contribution is 2.20. The van der Waals surface area contributed by atoms with Gasteiger partial charge in [-0.2, -0.15) is 0 Å². The van der Waals surface area contributed by atoms with Crippen molar-refractivity contribution in [1.29, 1.82) is 0 Å². The fourth-order valence-electron chi connectivity index (χ4n) is 2.77. The number of hydrogen-bond donors (Lipinski definition) is 0. The van der Waals surface area contributed by atoms with Gasteiger partial charge in [0.1, 0.15) is 36.9 Å². The summed E-state index contributed by atoms with van der Waals surface area (Å²) in [4.78, 5) is 22.1. The maximum absolute atomic E-state index is 14.1. The third-order valence-electron chi connectivity index (χ3n) is 4.19. The summed E-state index contributed by atoms with van der Waals surface area (Å²) < 4.78 is 51.1. The third kappa shape index (κ3) is 5.82. The standard InChI is InChI=1S/C21H21F3N2O5/c1-12-6-5-7-14(20(26-30-4)21(27)29-3)15(12)10-31-25-18(11-28-2)19-16(23)8-13(22)9-17(19)24/h5-9H,10-11H2,1-4H3/b25-18+,26-20+. The van der Waals surface area contributed by atoms with Crippen LogP contribution in [0.15, 0.2) is 40.6 Å². The van der Waals surface area contributed by atoms with Gasteiger partial charge in [0.2, 0.25) is 0 Å². The van der Waals surface area contributed by atoms with Gasteiger partial charge in [0.25, 0.3) is 0 Å². The van der Waals surface area contributed by atoms with E-state index in [-0.39, 0.29) is 24.6 Å². The molecule has 2 rings (SSSR count). The van der Waals surface area contributed by atoms with Crippen LogP contribution in [0.1, 0.15) is 22.3 Å². The molecule has 7 nitrogen and oxygen atoms in total. The van der Waals surface area contributed by atoms with E-state index in [4.69, 9.17) is 19.1 Å². The van der Waals surface area contributed by atoms with Crippen LogP contribution in [0.4, 0.5) is 13.2 Å². The Kier molecular flexibility index (Phi) is 8.56. The largest absolute Gasteiger partial charge is 0.464 e. The van der Waals surface area contributed by atoms with E-state index < -0.39 is 29.0 Å². The zero-order valence-corrected chi connectivity index (χ0v) is 17.4. The van der Waals surface area contributed by atoms with E-state index in [0.29, 0.717) is 23.3 Å². The molecule has 0 N–H and O–H groups in total. The van der Waals surface area contributed by atoms with Crippen molar-refractivity contribution >= 4 is 17.4 Å². The van der Waals surface area contributed by atoms with Crippen LogP contribution in [0.3, 0.4) is 0 Å². The molecule has 0 fully saturated rings. The number of esters is 1. The predicted octanol–water partition coefficient (Wildman–Crippen LogP) is 3.50. The molecule has 0 unspecified atom stereocenters. The number of halogens is 3. The fourth-order valence-corrected chi connectivity index (χ4v) is 2.77. The van der Waals surface area contributed by atoms with E-state index in [2.05, 4.69) is 10.3 Å². The fraction of sp³-hybridized carbons (Fsp3) is 0.286. The SMILES string of the molecule is COC/C(=N\OCc1c(C)cccc1/C(=N\OC)C(=O)OC)c1c(F)cc(F)cc1F. The van der Waals surface area contributed by atoms with Crippen molar-refractivity contribution < 1.29 is 37.1 Å². The quantitative estimate of drug-likeness (QED) is 0.340. The molecule has 0 atom stereocenters. The normalized spacial score (nSPS) is 12.0. The Labute approximate surface area is 177 Å². The van der Waals surface area contributed by atoms with Gasteiger partial charge in [-0.3, -0.25) is 0 Å². The first-order chi connectivity index (χ1) is 14.8. The van der Waals surface area contributed by atoms with Crippen molar-refractivity contribution in [2.45, 2.75) is 13.5 Å². The molecule has 0 aliphatic heterocycles. The van der Waals surface area contributed by atoms with Crippen molar-refractivity contribution in [2.75, 3.05) is 27.9 Å². The molecule has 0 saturated heterocycles. The molecule has 0 amide bonds. The first-order valence-electron chi connectivity index (χ1n) is 8.95. The number of benzene rings is 2. The highest BCUT2D eigenvalue weighted by molar-refractivity contribution is 6.43. The van der Waals surface area contributed by atoms with Gasteiger partial charge in [-0.15, -0.1) is 0 Å². The number of nitrogens with zero attached hydrogens (tertiary/aromatic N) is 2. The number of hydrogen-bond acceptors (Lipinski definition) is 7. The van der Waals surface area contributed by atoms with Crippen molar-refractivity contribution in [3.8, 4) is 0 Å². The number of oxime groups is 2. The van der Waals surface area contributed by atoms with Gasteiger partial charge in [0.05, 0.1) is 19.3 Å². The lowest BCUT2D eigenvalue weighted by Crippen LogP contribution is -2.20. The van der Waals surface area contributed by atoms with Crippen LogP contribution in [-0.4, -0.2) is 45.3 Å². The molecule has 10 heteroatoms. The van der Waals surface area contributed by atoms with Gasteiger partial charge < -0.3 is 19.1 Å². The van der Waals surface area contributed by atoms with Crippen LogP contribution in [0.25, 0.3) is 0 Å². The first-order valence-corrected chi connectivity index (χ1v) is 8.95. The lowest BCUT2D eigenvalue weighted by Gasteiger charge is -2.13. The third-order valence-corrected chi connectivity index (χ3v) is 4.19. The molecule has 0 spiro atoms. The minimum atomic E-state index is -1.14. The van der Waals surface area contributed by atoms with E-state index in [9.17, 15) is 18.0 Å². The van der Waals surface area contributed by atoms with Crippen LogP contribution >= 0.6 is 0 Å². The zero-order valence-electron chi connectivity index (χ0n) is 17.4. The van der Waals surface area contributed by atoms with Crippen LogP contribution in [0.5, 0.6) is 0 Å².